The van der Waals surface area contributed by atoms with E-state index >= 15 is 0 Å². The third-order valence-electron chi connectivity index (χ3n) is 5.85. The number of halogens is 3. The van der Waals surface area contributed by atoms with Crippen LogP contribution in [0.4, 0.5) is 4.39 Å². The topological polar surface area (TPSA) is 86.3 Å². The lowest BCUT2D eigenvalue weighted by atomic mass is 10.0. The van der Waals surface area contributed by atoms with E-state index in [4.69, 9.17) is 27.9 Å². The molecule has 10 heteroatoms. The number of aliphatic hydroxyl groups is 1. The van der Waals surface area contributed by atoms with Crippen LogP contribution in [0.15, 0.2) is 64.4 Å². The molecule has 0 saturated carbocycles. The number of aromatic nitrogens is 3. The number of hydrogen-bond acceptors (Lipinski definition) is 5. The minimum Gasteiger partial charge on any atom is -0.487 e. The average Bonchev–Trinajstić information content (AvgIpc) is 2.82. The van der Waals surface area contributed by atoms with Crippen molar-refractivity contribution in [3.05, 3.63) is 114 Å². The Balaban J connectivity index is 1.76. The lowest BCUT2D eigenvalue weighted by molar-refractivity contribution is 0.0767. The number of nitrogens with zero attached hydrogens (tertiary/aromatic N) is 3. The predicted molar refractivity (Wildman–Crippen MR) is 141 cm³/mol. The van der Waals surface area contributed by atoms with E-state index in [1.807, 2.05) is 0 Å². The van der Waals surface area contributed by atoms with Crippen LogP contribution < -0.4 is 15.9 Å². The number of ether oxygens (including phenoxy) is 1. The Morgan fingerprint density at radius 3 is 2.49 bits per heavy atom. The monoisotopic (exact) mass is 543 g/mol. The Morgan fingerprint density at radius 2 is 1.81 bits per heavy atom. The van der Waals surface area contributed by atoms with Crippen LogP contribution in [0.3, 0.4) is 0 Å². The Labute approximate surface area is 222 Å². The highest BCUT2D eigenvalue weighted by molar-refractivity contribution is 6.32. The standard InChI is InChI=1S/C27H24Cl2FN3O4/c1-15-13-31-23(32-9-5-6-19(25(32)34)27(3,4)36)12-21(15)33-16(2)10-22(24(29)26(33)35)37-14-17-7-8-18(28)11-20(17)30/h5-13,36H,14H2,1-4H3. The Kier molecular flexibility index (Phi) is 7.28. The van der Waals surface area contributed by atoms with Gasteiger partial charge in [0.15, 0.2) is 0 Å². The lowest BCUT2D eigenvalue weighted by Crippen LogP contribution is -2.31. The Bertz CT molecular complexity index is 1620. The van der Waals surface area contributed by atoms with Gasteiger partial charge in [0.25, 0.3) is 11.1 Å². The minimum atomic E-state index is -1.35. The Morgan fingerprint density at radius 1 is 1.08 bits per heavy atom. The van der Waals surface area contributed by atoms with Crippen LogP contribution in [0, 0.1) is 19.7 Å². The van der Waals surface area contributed by atoms with Crippen molar-refractivity contribution < 1.29 is 14.2 Å². The summed E-state index contributed by atoms with van der Waals surface area (Å²) in [7, 11) is 0. The van der Waals surface area contributed by atoms with Gasteiger partial charge in [-0.05, 0) is 57.5 Å². The fourth-order valence-electron chi connectivity index (χ4n) is 3.90. The highest BCUT2D eigenvalue weighted by Crippen LogP contribution is 2.27. The predicted octanol–water partition coefficient (Wildman–Crippen LogP) is 5.25. The van der Waals surface area contributed by atoms with Crippen molar-refractivity contribution in [1.82, 2.24) is 14.1 Å². The molecule has 3 aromatic heterocycles. The number of benzene rings is 1. The molecular weight excluding hydrogens is 520 g/mol. The van der Waals surface area contributed by atoms with Crippen LogP contribution in [0.25, 0.3) is 11.5 Å². The molecule has 0 atom stereocenters. The van der Waals surface area contributed by atoms with E-state index in [0.29, 0.717) is 16.9 Å². The first-order chi connectivity index (χ1) is 17.4. The van der Waals surface area contributed by atoms with Gasteiger partial charge in [-0.3, -0.25) is 18.7 Å². The molecule has 7 nitrogen and oxygen atoms in total. The first-order valence-electron chi connectivity index (χ1n) is 11.3. The van der Waals surface area contributed by atoms with Gasteiger partial charge in [0.2, 0.25) is 0 Å². The quantitative estimate of drug-likeness (QED) is 0.358. The maximum absolute atomic E-state index is 14.1. The number of aryl methyl sites for hydroxylation is 2. The molecule has 192 valence electrons. The molecule has 4 aromatic rings. The lowest BCUT2D eigenvalue weighted by Gasteiger charge is -2.19. The van der Waals surface area contributed by atoms with Gasteiger partial charge < -0.3 is 9.84 Å². The van der Waals surface area contributed by atoms with Gasteiger partial charge in [-0.25, -0.2) is 9.37 Å². The molecule has 0 radical (unpaired) electrons. The molecule has 0 fully saturated rings. The summed E-state index contributed by atoms with van der Waals surface area (Å²) in [4.78, 5) is 30.7. The molecule has 3 heterocycles. The van der Waals surface area contributed by atoms with Crippen LogP contribution in [-0.2, 0) is 12.2 Å². The fourth-order valence-corrected chi connectivity index (χ4v) is 4.25. The summed E-state index contributed by atoms with van der Waals surface area (Å²) in [5.41, 5.74) is -0.245. The maximum Gasteiger partial charge on any atom is 0.277 e. The summed E-state index contributed by atoms with van der Waals surface area (Å²) < 4.78 is 22.5. The zero-order valence-electron chi connectivity index (χ0n) is 20.6. The molecule has 0 unspecified atom stereocenters. The molecule has 1 aromatic carbocycles. The van der Waals surface area contributed by atoms with Gasteiger partial charge in [-0.2, -0.15) is 0 Å². The van der Waals surface area contributed by atoms with Crippen molar-refractivity contribution in [2.75, 3.05) is 0 Å². The molecule has 1 N–H and O–H groups in total. The molecule has 0 saturated heterocycles. The van der Waals surface area contributed by atoms with Crippen LogP contribution in [0.5, 0.6) is 5.75 Å². The largest absolute Gasteiger partial charge is 0.487 e. The fraction of sp³-hybridized carbons (Fsp3) is 0.222. The molecule has 0 bridgehead atoms. The zero-order valence-corrected chi connectivity index (χ0v) is 22.1. The van der Waals surface area contributed by atoms with Gasteiger partial charge >= 0.3 is 0 Å². The van der Waals surface area contributed by atoms with Crippen molar-refractivity contribution >= 4 is 23.2 Å². The summed E-state index contributed by atoms with van der Waals surface area (Å²) in [5, 5.41) is 10.4. The molecular formula is C27H24Cl2FN3O4. The second kappa shape index (κ2) is 10.1. The molecule has 0 aliphatic rings. The summed E-state index contributed by atoms with van der Waals surface area (Å²) in [5.74, 6) is -0.161. The first kappa shape index (κ1) is 26.6. The third-order valence-corrected chi connectivity index (χ3v) is 6.44. The zero-order chi connectivity index (χ0) is 27.1. The molecule has 0 spiro atoms. The van der Waals surface area contributed by atoms with E-state index in [-0.39, 0.29) is 39.3 Å². The van der Waals surface area contributed by atoms with Gasteiger partial charge in [0.05, 0.1) is 11.3 Å². The van der Waals surface area contributed by atoms with Gasteiger partial charge in [0.1, 0.15) is 29.0 Å². The van der Waals surface area contributed by atoms with E-state index in [1.54, 1.807) is 50.4 Å². The summed E-state index contributed by atoms with van der Waals surface area (Å²) in [6, 6.07) is 10.6. The van der Waals surface area contributed by atoms with E-state index in [1.165, 1.54) is 41.3 Å². The van der Waals surface area contributed by atoms with Crippen LogP contribution in [0.2, 0.25) is 10.0 Å². The van der Waals surface area contributed by atoms with Crippen LogP contribution >= 0.6 is 23.2 Å². The second-order valence-electron chi connectivity index (χ2n) is 9.11. The van der Waals surface area contributed by atoms with Gasteiger partial charge in [-0.1, -0.05) is 29.3 Å². The minimum absolute atomic E-state index is 0.107. The smallest absolute Gasteiger partial charge is 0.277 e. The number of hydrogen-bond donors (Lipinski definition) is 1. The van der Waals surface area contributed by atoms with Crippen molar-refractivity contribution in [2.24, 2.45) is 0 Å². The number of pyridine rings is 3. The molecule has 0 aliphatic heterocycles. The molecule has 4 rings (SSSR count). The average molecular weight is 544 g/mol. The van der Waals surface area contributed by atoms with Crippen molar-refractivity contribution in [3.8, 4) is 17.3 Å². The normalized spacial score (nSPS) is 11.6. The molecule has 0 aliphatic carbocycles. The van der Waals surface area contributed by atoms with Crippen LogP contribution in [-0.4, -0.2) is 19.2 Å². The summed E-state index contributed by atoms with van der Waals surface area (Å²) in [6.45, 7) is 6.38. The third kappa shape index (κ3) is 5.32. The van der Waals surface area contributed by atoms with Crippen molar-refractivity contribution in [3.63, 3.8) is 0 Å². The van der Waals surface area contributed by atoms with E-state index in [9.17, 15) is 19.1 Å². The van der Waals surface area contributed by atoms with Gasteiger partial charge in [-0.15, -0.1) is 0 Å². The van der Waals surface area contributed by atoms with Crippen molar-refractivity contribution in [1.29, 1.82) is 0 Å². The molecule has 37 heavy (non-hydrogen) atoms. The highest BCUT2D eigenvalue weighted by atomic mass is 35.5. The summed E-state index contributed by atoms with van der Waals surface area (Å²) in [6.07, 6.45) is 3.08. The Hall–Kier alpha value is -3.46. The van der Waals surface area contributed by atoms with E-state index in [2.05, 4.69) is 4.98 Å². The molecule has 0 amide bonds. The number of rotatable bonds is 6. The van der Waals surface area contributed by atoms with Crippen LogP contribution in [0.1, 0.15) is 36.2 Å². The first-order valence-corrected chi connectivity index (χ1v) is 12.0. The van der Waals surface area contributed by atoms with Gasteiger partial charge in [0, 0.05) is 46.4 Å². The second-order valence-corrected chi connectivity index (χ2v) is 9.93. The highest BCUT2D eigenvalue weighted by Gasteiger charge is 2.22. The van der Waals surface area contributed by atoms with E-state index < -0.39 is 22.5 Å². The SMILES string of the molecule is Cc1cnc(-n2cccc(C(C)(C)O)c2=O)cc1-n1c(C)cc(OCc2ccc(Cl)cc2F)c(Cl)c1=O. The van der Waals surface area contributed by atoms with Crippen molar-refractivity contribution in [2.45, 2.75) is 39.9 Å². The van der Waals surface area contributed by atoms with E-state index in [0.717, 1.165) is 0 Å². The summed E-state index contributed by atoms with van der Waals surface area (Å²) >= 11 is 12.2. The maximum atomic E-state index is 14.1.